The number of carbonyl (C=O) groups excluding carboxylic acids is 1. The molecule has 0 saturated carbocycles. The van der Waals surface area contributed by atoms with Crippen LogP contribution in [0.2, 0.25) is 0 Å². The number of rotatable bonds is 6. The topological polar surface area (TPSA) is 87.7 Å². The lowest BCUT2D eigenvalue weighted by molar-refractivity contribution is 0.0690. The summed E-state index contributed by atoms with van der Waals surface area (Å²) in [6.45, 7) is 3.93. The van der Waals surface area contributed by atoms with E-state index in [9.17, 15) is 9.59 Å². The van der Waals surface area contributed by atoms with Crippen molar-refractivity contribution in [3.63, 3.8) is 0 Å². The number of carboxylic acid groups (broad SMARTS) is 1. The highest BCUT2D eigenvalue weighted by Gasteiger charge is 2.16. The van der Waals surface area contributed by atoms with E-state index in [0.29, 0.717) is 0 Å². The lowest BCUT2D eigenvalue weighted by Gasteiger charge is -2.17. The van der Waals surface area contributed by atoms with Gasteiger partial charge in [-0.3, -0.25) is 4.79 Å². The Morgan fingerprint density at radius 3 is 2.35 bits per heavy atom. The molecular weight excluding hydrogens is 352 g/mol. The van der Waals surface area contributed by atoms with E-state index in [1.165, 1.54) is 12.1 Å². The third-order valence-corrected chi connectivity index (χ3v) is 3.76. The maximum absolute atomic E-state index is 12.2. The fourth-order valence-electron chi connectivity index (χ4n) is 2.21. The Morgan fingerprint density at radius 2 is 1.73 bits per heavy atom. The monoisotopic (exact) mass is 372 g/mol. The van der Waals surface area contributed by atoms with Gasteiger partial charge in [0.1, 0.15) is 6.10 Å². The molecule has 6 nitrogen and oxygen atoms in total. The van der Waals surface area contributed by atoms with Crippen molar-refractivity contribution in [3.8, 4) is 0 Å². The van der Waals surface area contributed by atoms with Crippen LogP contribution in [0.15, 0.2) is 48.5 Å². The summed E-state index contributed by atoms with van der Waals surface area (Å²) in [5, 5.41) is 15.0. The van der Waals surface area contributed by atoms with Gasteiger partial charge in [0.25, 0.3) is 11.1 Å². The van der Waals surface area contributed by atoms with Crippen molar-refractivity contribution in [1.82, 2.24) is 5.32 Å². The van der Waals surface area contributed by atoms with Crippen LogP contribution in [0.4, 0.5) is 5.69 Å². The van der Waals surface area contributed by atoms with Gasteiger partial charge in [0.15, 0.2) is 0 Å². The molecule has 0 aliphatic carbocycles. The molecule has 2 aromatic rings. The van der Waals surface area contributed by atoms with E-state index in [1.807, 2.05) is 31.2 Å². The van der Waals surface area contributed by atoms with Crippen LogP contribution in [0.25, 0.3) is 0 Å². The third-order valence-electron chi connectivity index (χ3n) is 3.56. The second-order valence-corrected chi connectivity index (χ2v) is 6.14. The van der Waals surface area contributed by atoms with E-state index in [4.69, 9.17) is 22.1 Å². The van der Waals surface area contributed by atoms with Crippen LogP contribution in [0.5, 0.6) is 0 Å². The number of ether oxygens (including phenoxy) is 1. The molecular formula is C19H20N2O4S. The number of hydrogen-bond donors (Lipinski definition) is 3. The van der Waals surface area contributed by atoms with Gasteiger partial charge in [-0.25, -0.2) is 4.79 Å². The molecule has 0 aliphatic rings. The van der Waals surface area contributed by atoms with Crippen molar-refractivity contribution in [2.45, 2.75) is 20.0 Å². The summed E-state index contributed by atoms with van der Waals surface area (Å²) < 4.78 is 5.54. The average molecular weight is 372 g/mol. The number of anilines is 1. The molecule has 2 rings (SSSR count). The predicted octanol–water partition coefficient (Wildman–Crippen LogP) is 3.23. The number of thiocarbonyl (C=S) groups is 1. The number of carboxylic acids is 1. The van der Waals surface area contributed by atoms with Crippen LogP contribution in [0.1, 0.15) is 33.2 Å². The Balaban J connectivity index is 1.85. The van der Waals surface area contributed by atoms with Gasteiger partial charge >= 0.3 is 5.97 Å². The Labute approximate surface area is 157 Å². The van der Waals surface area contributed by atoms with Gasteiger partial charge in [0, 0.05) is 5.69 Å². The molecule has 0 fully saturated rings. The summed E-state index contributed by atoms with van der Waals surface area (Å²) in [6.07, 6.45) is -0.388. The maximum Gasteiger partial charge on any atom is 0.336 e. The van der Waals surface area contributed by atoms with E-state index in [-0.39, 0.29) is 29.0 Å². The molecule has 1 unspecified atom stereocenters. The minimum atomic E-state index is -1.15. The van der Waals surface area contributed by atoms with Crippen molar-refractivity contribution < 1.29 is 19.4 Å². The summed E-state index contributed by atoms with van der Waals surface area (Å²) in [7, 11) is 0. The van der Waals surface area contributed by atoms with Crippen LogP contribution in [0.3, 0.4) is 0 Å². The lowest BCUT2D eigenvalue weighted by Crippen LogP contribution is -2.34. The van der Waals surface area contributed by atoms with Crippen LogP contribution >= 0.6 is 12.2 Å². The highest BCUT2D eigenvalue weighted by molar-refractivity contribution is 7.80. The summed E-state index contributed by atoms with van der Waals surface area (Å²) in [6, 6.07) is 13.7. The molecule has 1 atom stereocenters. The summed E-state index contributed by atoms with van der Waals surface area (Å²) >= 11 is 5.15. The zero-order chi connectivity index (χ0) is 19.1. The lowest BCUT2D eigenvalue weighted by atomic mass is 10.1. The second-order valence-electron chi connectivity index (χ2n) is 5.77. The first kappa shape index (κ1) is 19.4. The van der Waals surface area contributed by atoms with Gasteiger partial charge in [-0.05, 0) is 50.3 Å². The summed E-state index contributed by atoms with van der Waals surface area (Å²) in [5.41, 5.74) is 2.01. The van der Waals surface area contributed by atoms with E-state index < -0.39 is 11.9 Å². The molecule has 0 radical (unpaired) electrons. The fourth-order valence-corrected chi connectivity index (χ4v) is 2.49. The molecule has 2 aromatic carbocycles. The third kappa shape index (κ3) is 5.56. The van der Waals surface area contributed by atoms with Gasteiger partial charge < -0.3 is 20.5 Å². The van der Waals surface area contributed by atoms with Crippen LogP contribution in [-0.4, -0.2) is 34.8 Å². The normalized spacial score (nSPS) is 11.3. The molecule has 7 heteroatoms. The van der Waals surface area contributed by atoms with Gasteiger partial charge in [-0.2, -0.15) is 0 Å². The van der Waals surface area contributed by atoms with Gasteiger partial charge in [0.05, 0.1) is 17.7 Å². The second kappa shape index (κ2) is 8.96. The molecule has 1 amide bonds. The minimum Gasteiger partial charge on any atom is -0.478 e. The standard InChI is InChI=1S/C19H20N2O4S/c1-12-7-9-14(10-8-12)21-19(26)25-13(2)11-20-17(22)15-5-3-4-6-16(15)18(23)24/h3-10,13H,11H2,1-2H3,(H,20,22)(H,21,26)(H,23,24). The Kier molecular flexibility index (Phi) is 6.68. The smallest absolute Gasteiger partial charge is 0.336 e. The van der Waals surface area contributed by atoms with Crippen molar-refractivity contribution in [1.29, 1.82) is 0 Å². The van der Waals surface area contributed by atoms with Gasteiger partial charge in [0.2, 0.25) is 0 Å². The van der Waals surface area contributed by atoms with Crippen LogP contribution < -0.4 is 10.6 Å². The molecule has 0 aliphatic heterocycles. The Hall–Kier alpha value is -2.93. The first-order valence-electron chi connectivity index (χ1n) is 8.01. The van der Waals surface area contributed by atoms with E-state index in [1.54, 1.807) is 19.1 Å². The van der Waals surface area contributed by atoms with E-state index >= 15 is 0 Å². The first-order chi connectivity index (χ1) is 12.4. The number of aromatic carboxylic acids is 1. The zero-order valence-electron chi connectivity index (χ0n) is 14.5. The largest absolute Gasteiger partial charge is 0.478 e. The fraction of sp³-hybridized carbons (Fsp3) is 0.211. The maximum atomic E-state index is 12.2. The Morgan fingerprint density at radius 1 is 1.12 bits per heavy atom. The molecule has 136 valence electrons. The zero-order valence-corrected chi connectivity index (χ0v) is 15.3. The number of nitrogens with one attached hydrogen (secondary N) is 2. The van der Waals surface area contributed by atoms with Crippen molar-refractivity contribution in [3.05, 3.63) is 65.2 Å². The van der Waals surface area contributed by atoms with Crippen molar-refractivity contribution >= 4 is 35.0 Å². The highest BCUT2D eigenvalue weighted by Crippen LogP contribution is 2.10. The Bertz CT molecular complexity index is 805. The number of benzene rings is 2. The highest BCUT2D eigenvalue weighted by atomic mass is 32.1. The molecule has 3 N–H and O–H groups in total. The summed E-state index contributed by atoms with van der Waals surface area (Å²) in [4.78, 5) is 23.4. The predicted molar refractivity (Wildman–Crippen MR) is 104 cm³/mol. The molecule has 0 aromatic heterocycles. The minimum absolute atomic E-state index is 0.0462. The quantitative estimate of drug-likeness (QED) is 0.675. The number of aryl methyl sites for hydroxylation is 1. The average Bonchev–Trinajstić information content (AvgIpc) is 2.61. The molecule has 0 spiro atoms. The van der Waals surface area contributed by atoms with Gasteiger partial charge in [-0.1, -0.05) is 29.8 Å². The molecule has 26 heavy (non-hydrogen) atoms. The molecule has 0 heterocycles. The molecule has 0 saturated heterocycles. The van der Waals surface area contributed by atoms with E-state index in [2.05, 4.69) is 10.6 Å². The first-order valence-corrected chi connectivity index (χ1v) is 8.42. The van der Waals surface area contributed by atoms with Crippen molar-refractivity contribution in [2.75, 3.05) is 11.9 Å². The number of amides is 1. The van der Waals surface area contributed by atoms with E-state index in [0.717, 1.165) is 11.3 Å². The molecule has 0 bridgehead atoms. The van der Waals surface area contributed by atoms with Crippen LogP contribution in [-0.2, 0) is 4.74 Å². The summed E-state index contributed by atoms with van der Waals surface area (Å²) in [5.74, 6) is -1.63. The number of hydrogen-bond acceptors (Lipinski definition) is 4. The number of carbonyl (C=O) groups is 2. The SMILES string of the molecule is Cc1ccc(NC(=S)OC(C)CNC(=O)c2ccccc2C(=O)O)cc1. The van der Waals surface area contributed by atoms with Crippen LogP contribution in [0, 0.1) is 6.92 Å². The van der Waals surface area contributed by atoms with Crippen molar-refractivity contribution in [2.24, 2.45) is 0 Å². The van der Waals surface area contributed by atoms with Gasteiger partial charge in [-0.15, -0.1) is 0 Å².